The van der Waals surface area contributed by atoms with Crippen molar-refractivity contribution in [3.63, 3.8) is 0 Å². The van der Waals surface area contributed by atoms with E-state index in [4.69, 9.17) is 18.0 Å². The van der Waals surface area contributed by atoms with Crippen LogP contribution in [0.25, 0.3) is 0 Å². The second kappa shape index (κ2) is 3.88. The van der Waals surface area contributed by atoms with Crippen molar-refractivity contribution in [3.05, 3.63) is 0 Å². The summed E-state index contributed by atoms with van der Waals surface area (Å²) < 4.78 is 0. The highest BCUT2D eigenvalue weighted by Crippen LogP contribution is 2.09. The average Bonchev–Trinajstić information content (AvgIpc) is 1.85. The highest BCUT2D eigenvalue weighted by atomic mass is 32.1. The third kappa shape index (κ3) is 4.70. The van der Waals surface area contributed by atoms with Gasteiger partial charge in [0.2, 0.25) is 0 Å². The molecule has 0 aliphatic heterocycles. The van der Waals surface area contributed by atoms with Gasteiger partial charge >= 0.3 is 0 Å². The van der Waals surface area contributed by atoms with Gasteiger partial charge in [-0.05, 0) is 18.9 Å². The molecule has 0 bridgehead atoms. The number of nitrogens with two attached hydrogens (primary N) is 1. The van der Waals surface area contributed by atoms with Crippen LogP contribution in [0.2, 0.25) is 0 Å². The summed E-state index contributed by atoms with van der Waals surface area (Å²) in [4.78, 5) is 0.835. The zero-order chi connectivity index (χ0) is 8.20. The molecule has 0 fully saturated rings. The monoisotopic (exact) mass is 160 g/mol. The molecule has 0 rings (SSSR count). The van der Waals surface area contributed by atoms with Gasteiger partial charge < -0.3 is 11.1 Å². The number of hydrogen-bond donors (Lipinski definition) is 2. The summed E-state index contributed by atoms with van der Waals surface area (Å²) in [5, 5.41) is 3.09. The SMILES string of the molecule is CC(=S)NCC(C)(C)CN. The predicted molar refractivity (Wildman–Crippen MR) is 49.1 cm³/mol. The molecule has 0 saturated heterocycles. The van der Waals surface area contributed by atoms with Crippen LogP contribution in [0.15, 0.2) is 0 Å². The number of nitrogens with one attached hydrogen (secondary N) is 1. The Labute approximate surface area is 68.2 Å². The first-order valence-electron chi connectivity index (χ1n) is 3.42. The molecule has 0 aromatic rings. The fourth-order valence-electron chi connectivity index (χ4n) is 0.436. The van der Waals surface area contributed by atoms with Gasteiger partial charge in [-0.15, -0.1) is 0 Å². The van der Waals surface area contributed by atoms with Crippen molar-refractivity contribution < 1.29 is 0 Å². The van der Waals surface area contributed by atoms with E-state index in [9.17, 15) is 0 Å². The van der Waals surface area contributed by atoms with Gasteiger partial charge in [0.15, 0.2) is 0 Å². The smallest absolute Gasteiger partial charge is 0.0722 e. The largest absolute Gasteiger partial charge is 0.379 e. The van der Waals surface area contributed by atoms with Crippen molar-refractivity contribution in [2.45, 2.75) is 20.8 Å². The number of thiocarbonyl (C=S) groups is 1. The average molecular weight is 160 g/mol. The van der Waals surface area contributed by atoms with Gasteiger partial charge in [-0.3, -0.25) is 0 Å². The third-order valence-electron chi connectivity index (χ3n) is 1.37. The molecule has 10 heavy (non-hydrogen) atoms. The molecule has 0 heterocycles. The van der Waals surface area contributed by atoms with E-state index in [1.807, 2.05) is 6.92 Å². The van der Waals surface area contributed by atoms with E-state index in [0.29, 0.717) is 6.54 Å². The maximum atomic E-state index is 5.51. The lowest BCUT2D eigenvalue weighted by molar-refractivity contribution is 0.376. The second-order valence-corrected chi connectivity index (χ2v) is 3.89. The van der Waals surface area contributed by atoms with Crippen LogP contribution >= 0.6 is 12.2 Å². The van der Waals surface area contributed by atoms with Crippen LogP contribution in [0.4, 0.5) is 0 Å². The van der Waals surface area contributed by atoms with E-state index < -0.39 is 0 Å². The first-order chi connectivity index (χ1) is 4.48. The van der Waals surface area contributed by atoms with E-state index in [0.717, 1.165) is 11.5 Å². The summed E-state index contributed by atoms with van der Waals surface area (Å²) in [7, 11) is 0. The van der Waals surface area contributed by atoms with Gasteiger partial charge in [-0.1, -0.05) is 26.1 Å². The van der Waals surface area contributed by atoms with Crippen LogP contribution in [-0.4, -0.2) is 18.1 Å². The molecule has 0 aromatic heterocycles. The molecule has 0 aromatic carbocycles. The minimum atomic E-state index is 0.153. The maximum Gasteiger partial charge on any atom is 0.0722 e. The Kier molecular flexibility index (Phi) is 3.83. The summed E-state index contributed by atoms with van der Waals surface area (Å²) in [6.45, 7) is 7.64. The molecule has 2 nitrogen and oxygen atoms in total. The standard InChI is InChI=1S/C7H16N2S/c1-6(10)9-5-7(2,3)4-8/h4-5,8H2,1-3H3,(H,9,10). The molecule has 3 N–H and O–H groups in total. The van der Waals surface area contributed by atoms with Gasteiger partial charge in [0.1, 0.15) is 0 Å². The van der Waals surface area contributed by atoms with Gasteiger partial charge in [0, 0.05) is 6.54 Å². The molecule has 0 spiro atoms. The van der Waals surface area contributed by atoms with E-state index >= 15 is 0 Å². The predicted octanol–water partition coefficient (Wildman–Crippen LogP) is 0.908. The summed E-state index contributed by atoms with van der Waals surface area (Å²) in [6, 6.07) is 0. The molecule has 0 saturated carbocycles. The lowest BCUT2D eigenvalue weighted by atomic mass is 9.94. The Morgan fingerprint density at radius 3 is 2.40 bits per heavy atom. The molecule has 0 aliphatic rings. The van der Waals surface area contributed by atoms with Crippen LogP contribution in [0.3, 0.4) is 0 Å². The number of hydrogen-bond acceptors (Lipinski definition) is 2. The molecular formula is C7H16N2S. The van der Waals surface area contributed by atoms with Crippen LogP contribution in [0.5, 0.6) is 0 Å². The Morgan fingerprint density at radius 1 is 1.60 bits per heavy atom. The first kappa shape index (κ1) is 9.85. The van der Waals surface area contributed by atoms with Crippen molar-refractivity contribution in [3.8, 4) is 0 Å². The van der Waals surface area contributed by atoms with E-state index in [1.165, 1.54) is 0 Å². The highest BCUT2D eigenvalue weighted by molar-refractivity contribution is 7.80. The molecule has 3 heteroatoms. The van der Waals surface area contributed by atoms with Crippen LogP contribution in [-0.2, 0) is 0 Å². The first-order valence-corrected chi connectivity index (χ1v) is 3.83. The van der Waals surface area contributed by atoms with Crippen molar-refractivity contribution in [1.82, 2.24) is 5.32 Å². The van der Waals surface area contributed by atoms with Crippen molar-refractivity contribution >= 4 is 17.2 Å². The summed E-state index contributed by atoms with van der Waals surface area (Å²) in [5.74, 6) is 0. The van der Waals surface area contributed by atoms with Crippen molar-refractivity contribution in [1.29, 1.82) is 0 Å². The molecule has 60 valence electrons. The summed E-state index contributed by atoms with van der Waals surface area (Å²) in [5.41, 5.74) is 5.66. The highest BCUT2D eigenvalue weighted by Gasteiger charge is 2.14. The molecule has 0 radical (unpaired) electrons. The molecule has 0 atom stereocenters. The van der Waals surface area contributed by atoms with E-state index in [-0.39, 0.29) is 5.41 Å². The van der Waals surface area contributed by atoms with Crippen LogP contribution < -0.4 is 11.1 Å². The quantitative estimate of drug-likeness (QED) is 0.603. The minimum Gasteiger partial charge on any atom is -0.379 e. The van der Waals surface area contributed by atoms with Gasteiger partial charge in [0.25, 0.3) is 0 Å². The summed E-state index contributed by atoms with van der Waals surface area (Å²) in [6.07, 6.45) is 0. The third-order valence-corrected chi connectivity index (χ3v) is 1.51. The lowest BCUT2D eigenvalue weighted by Crippen LogP contribution is -2.36. The molecule has 0 unspecified atom stereocenters. The van der Waals surface area contributed by atoms with Crippen LogP contribution in [0.1, 0.15) is 20.8 Å². The topological polar surface area (TPSA) is 38.0 Å². The zero-order valence-corrected chi connectivity index (χ0v) is 7.72. The Hall–Kier alpha value is -0.150. The minimum absolute atomic E-state index is 0.153. The molecular weight excluding hydrogens is 144 g/mol. The fourth-order valence-corrected chi connectivity index (χ4v) is 0.508. The second-order valence-electron chi connectivity index (χ2n) is 3.28. The molecule has 0 aliphatic carbocycles. The lowest BCUT2D eigenvalue weighted by Gasteiger charge is -2.22. The Morgan fingerprint density at radius 2 is 2.10 bits per heavy atom. The number of rotatable bonds is 3. The van der Waals surface area contributed by atoms with Crippen LogP contribution in [0, 0.1) is 5.41 Å². The zero-order valence-electron chi connectivity index (χ0n) is 6.90. The van der Waals surface area contributed by atoms with Crippen molar-refractivity contribution in [2.75, 3.05) is 13.1 Å². The van der Waals surface area contributed by atoms with E-state index in [1.54, 1.807) is 0 Å². The maximum absolute atomic E-state index is 5.51. The van der Waals surface area contributed by atoms with Crippen molar-refractivity contribution in [2.24, 2.45) is 11.1 Å². The fraction of sp³-hybridized carbons (Fsp3) is 0.857. The van der Waals surface area contributed by atoms with E-state index in [2.05, 4.69) is 19.2 Å². The Bertz CT molecular complexity index is 121. The van der Waals surface area contributed by atoms with Gasteiger partial charge in [-0.2, -0.15) is 0 Å². The van der Waals surface area contributed by atoms with Gasteiger partial charge in [-0.25, -0.2) is 0 Å². The molecule has 0 amide bonds. The Balaban J connectivity index is 3.56. The van der Waals surface area contributed by atoms with Gasteiger partial charge in [0.05, 0.1) is 4.99 Å². The summed E-state index contributed by atoms with van der Waals surface area (Å²) >= 11 is 4.86. The normalized spacial score (nSPS) is 11.2.